The Balaban J connectivity index is 1.62. The van der Waals surface area contributed by atoms with Crippen LogP contribution in [-0.2, 0) is 13.0 Å². The molecule has 1 N–H and O–H groups in total. The zero-order chi connectivity index (χ0) is 25.3. The van der Waals surface area contributed by atoms with Crippen molar-refractivity contribution in [2.75, 3.05) is 13.6 Å². The van der Waals surface area contributed by atoms with Crippen molar-refractivity contribution in [1.29, 1.82) is 0 Å². The molecular weight excluding hydrogens is 461 g/mol. The minimum absolute atomic E-state index is 0.0236. The van der Waals surface area contributed by atoms with Gasteiger partial charge in [0.15, 0.2) is 6.10 Å². The normalized spacial score (nSPS) is 14.3. The highest BCUT2D eigenvalue weighted by molar-refractivity contribution is 6.01. The topological polar surface area (TPSA) is 76.5 Å². The highest BCUT2D eigenvalue weighted by atomic mass is 19.3. The fraction of sp³-hybridized carbons (Fsp3) is 0.320. The highest BCUT2D eigenvalue weighted by Gasteiger charge is 2.34. The summed E-state index contributed by atoms with van der Waals surface area (Å²) in [5.74, 6) is -4.37. The molecule has 1 aliphatic rings. The number of halogens is 3. The summed E-state index contributed by atoms with van der Waals surface area (Å²) < 4.78 is 47.9. The van der Waals surface area contributed by atoms with E-state index in [-0.39, 0.29) is 29.2 Å². The predicted molar refractivity (Wildman–Crippen MR) is 123 cm³/mol. The standard InChI is InChI=1S/C25H25F3N4O3/c1-15(25(2,27)28)35-22-9-4-16(23(33)29-3)12-20(22)24(34)31-11-10-21-17(13-31)14-32(30-21)19-7-5-18(26)6-8-19/h4-9,12,14-15H,10-11,13H2,1-3H3,(H,29,33). The van der Waals surface area contributed by atoms with Gasteiger partial charge in [-0.1, -0.05) is 0 Å². The highest BCUT2D eigenvalue weighted by Crippen LogP contribution is 2.29. The average Bonchev–Trinajstić information content (AvgIpc) is 3.26. The molecule has 0 bridgehead atoms. The Morgan fingerprint density at radius 2 is 1.89 bits per heavy atom. The largest absolute Gasteiger partial charge is 0.484 e. The van der Waals surface area contributed by atoms with Gasteiger partial charge in [-0.15, -0.1) is 0 Å². The van der Waals surface area contributed by atoms with E-state index in [2.05, 4.69) is 10.4 Å². The Hall–Kier alpha value is -3.82. The zero-order valence-electron chi connectivity index (χ0n) is 19.5. The molecule has 1 unspecified atom stereocenters. The number of fused-ring (bicyclic) bond motifs is 1. The first-order valence-corrected chi connectivity index (χ1v) is 11.1. The van der Waals surface area contributed by atoms with E-state index in [1.54, 1.807) is 27.9 Å². The van der Waals surface area contributed by atoms with Crippen LogP contribution >= 0.6 is 0 Å². The minimum atomic E-state index is -3.13. The average molecular weight is 486 g/mol. The molecule has 35 heavy (non-hydrogen) atoms. The Morgan fingerprint density at radius 1 is 1.17 bits per heavy atom. The van der Waals surface area contributed by atoms with Gasteiger partial charge in [-0.25, -0.2) is 17.9 Å². The third-order valence-electron chi connectivity index (χ3n) is 5.95. The summed E-state index contributed by atoms with van der Waals surface area (Å²) in [5.41, 5.74) is 2.54. The van der Waals surface area contributed by atoms with E-state index < -0.39 is 23.8 Å². The van der Waals surface area contributed by atoms with Crippen molar-refractivity contribution >= 4 is 11.8 Å². The zero-order valence-corrected chi connectivity index (χ0v) is 19.5. The number of hydrogen-bond acceptors (Lipinski definition) is 4. The van der Waals surface area contributed by atoms with Gasteiger partial charge < -0.3 is 15.0 Å². The summed E-state index contributed by atoms with van der Waals surface area (Å²) in [4.78, 5) is 27.2. The Kier molecular flexibility index (Phi) is 6.56. The molecule has 0 aliphatic carbocycles. The van der Waals surface area contributed by atoms with E-state index >= 15 is 0 Å². The molecule has 184 valence electrons. The lowest BCUT2D eigenvalue weighted by Gasteiger charge is -2.28. The van der Waals surface area contributed by atoms with Gasteiger partial charge in [-0.2, -0.15) is 5.10 Å². The third-order valence-corrected chi connectivity index (χ3v) is 5.95. The van der Waals surface area contributed by atoms with Crippen LogP contribution in [0.15, 0.2) is 48.7 Å². The molecule has 1 aliphatic heterocycles. The molecule has 1 atom stereocenters. The summed E-state index contributed by atoms with van der Waals surface area (Å²) >= 11 is 0. The SMILES string of the molecule is CNC(=O)c1ccc(OC(C)C(C)(F)F)c(C(=O)N2CCc3nn(-c4ccc(F)cc4)cc3C2)c1. The van der Waals surface area contributed by atoms with Crippen molar-refractivity contribution in [3.63, 3.8) is 0 Å². The quantitative estimate of drug-likeness (QED) is 0.572. The smallest absolute Gasteiger partial charge is 0.281 e. The van der Waals surface area contributed by atoms with E-state index in [4.69, 9.17) is 4.74 Å². The first-order valence-electron chi connectivity index (χ1n) is 11.1. The Morgan fingerprint density at radius 3 is 2.54 bits per heavy atom. The minimum Gasteiger partial charge on any atom is -0.484 e. The Labute approximate surface area is 200 Å². The molecule has 2 aromatic carbocycles. The van der Waals surface area contributed by atoms with Crippen LogP contribution in [0.25, 0.3) is 5.69 Å². The van der Waals surface area contributed by atoms with Gasteiger partial charge in [0.2, 0.25) is 0 Å². The van der Waals surface area contributed by atoms with Crippen LogP contribution in [0.2, 0.25) is 0 Å². The molecule has 0 saturated heterocycles. The van der Waals surface area contributed by atoms with Crippen LogP contribution in [0.1, 0.15) is 45.8 Å². The van der Waals surface area contributed by atoms with E-state index in [9.17, 15) is 22.8 Å². The number of rotatable bonds is 6. The van der Waals surface area contributed by atoms with Crippen LogP contribution in [0.3, 0.4) is 0 Å². The first kappa shape index (κ1) is 24.3. The second-order valence-corrected chi connectivity index (χ2v) is 8.51. The number of aromatic nitrogens is 2. The molecule has 0 fully saturated rings. The summed E-state index contributed by atoms with van der Waals surface area (Å²) in [6.45, 7) is 2.54. The van der Waals surface area contributed by atoms with Crippen molar-refractivity contribution in [2.45, 2.75) is 38.8 Å². The van der Waals surface area contributed by atoms with E-state index in [1.807, 2.05) is 0 Å². The molecule has 3 aromatic rings. The molecule has 0 spiro atoms. The van der Waals surface area contributed by atoms with Crippen LogP contribution in [0, 0.1) is 5.82 Å². The summed E-state index contributed by atoms with van der Waals surface area (Å²) in [5, 5.41) is 7.03. The molecule has 0 saturated carbocycles. The molecule has 7 nitrogen and oxygen atoms in total. The van der Waals surface area contributed by atoms with Crippen LogP contribution in [0.4, 0.5) is 13.2 Å². The maximum Gasteiger partial charge on any atom is 0.281 e. The first-order chi connectivity index (χ1) is 16.6. The molecule has 0 radical (unpaired) electrons. The third kappa shape index (κ3) is 5.16. The number of hydrogen-bond donors (Lipinski definition) is 1. The number of carbonyl (C=O) groups excluding carboxylic acids is 2. The number of carbonyl (C=O) groups is 2. The lowest BCUT2D eigenvalue weighted by molar-refractivity contribution is -0.0720. The fourth-order valence-electron chi connectivity index (χ4n) is 3.76. The van der Waals surface area contributed by atoms with E-state index in [0.29, 0.717) is 18.7 Å². The second kappa shape index (κ2) is 9.44. The van der Waals surface area contributed by atoms with Gasteiger partial charge in [0.05, 0.1) is 16.9 Å². The molecule has 2 heterocycles. The van der Waals surface area contributed by atoms with Gasteiger partial charge >= 0.3 is 0 Å². The monoisotopic (exact) mass is 486 g/mol. The maximum absolute atomic E-state index is 13.8. The molecule has 2 amide bonds. The van der Waals surface area contributed by atoms with Gasteiger partial charge in [-0.05, 0) is 49.4 Å². The maximum atomic E-state index is 13.8. The molecule has 4 rings (SSSR count). The van der Waals surface area contributed by atoms with Crippen LogP contribution in [0.5, 0.6) is 5.75 Å². The van der Waals surface area contributed by atoms with Gasteiger partial charge in [0, 0.05) is 50.8 Å². The van der Waals surface area contributed by atoms with Crippen molar-refractivity contribution in [2.24, 2.45) is 0 Å². The number of ether oxygens (including phenoxy) is 1. The van der Waals surface area contributed by atoms with E-state index in [1.165, 1.54) is 44.3 Å². The number of nitrogens with zero attached hydrogens (tertiary/aromatic N) is 3. The number of benzene rings is 2. The van der Waals surface area contributed by atoms with Crippen molar-refractivity contribution in [1.82, 2.24) is 20.0 Å². The predicted octanol–water partition coefficient (Wildman–Crippen LogP) is 3.99. The van der Waals surface area contributed by atoms with Gasteiger partial charge in [0.1, 0.15) is 11.6 Å². The van der Waals surface area contributed by atoms with Gasteiger partial charge in [-0.3, -0.25) is 9.59 Å². The molecule has 1 aromatic heterocycles. The van der Waals surface area contributed by atoms with Crippen molar-refractivity contribution < 1.29 is 27.5 Å². The van der Waals surface area contributed by atoms with E-state index in [0.717, 1.165) is 18.2 Å². The van der Waals surface area contributed by atoms with Crippen molar-refractivity contribution in [3.8, 4) is 11.4 Å². The summed E-state index contributed by atoms with van der Waals surface area (Å²) in [7, 11) is 1.46. The summed E-state index contributed by atoms with van der Waals surface area (Å²) in [6.07, 6.45) is 0.770. The lowest BCUT2D eigenvalue weighted by atomic mass is 10.0. The number of nitrogens with one attached hydrogen (secondary N) is 1. The lowest BCUT2D eigenvalue weighted by Crippen LogP contribution is -2.37. The molecule has 10 heteroatoms. The fourth-order valence-corrected chi connectivity index (χ4v) is 3.76. The van der Waals surface area contributed by atoms with Crippen LogP contribution in [-0.4, -0.2) is 52.1 Å². The number of alkyl halides is 2. The van der Waals surface area contributed by atoms with Gasteiger partial charge in [0.25, 0.3) is 17.7 Å². The second-order valence-electron chi connectivity index (χ2n) is 8.51. The van der Waals surface area contributed by atoms with Crippen LogP contribution < -0.4 is 10.1 Å². The molecular formula is C25H25F3N4O3. The summed E-state index contributed by atoms with van der Waals surface area (Å²) in [6, 6.07) is 10.0. The Bertz CT molecular complexity index is 1250. The van der Waals surface area contributed by atoms with Crippen molar-refractivity contribution in [3.05, 3.63) is 76.9 Å². The number of amides is 2.